The molecule has 0 aromatic heterocycles. The van der Waals surface area contributed by atoms with Crippen molar-refractivity contribution in [1.29, 1.82) is 0 Å². The minimum absolute atomic E-state index is 0.0377. The van der Waals surface area contributed by atoms with Crippen molar-refractivity contribution in [3.8, 4) is 17.2 Å². The average Bonchev–Trinajstić information content (AvgIpc) is 3.18. The largest absolute Gasteiger partial charge is 0.495 e. The molecule has 0 unspecified atom stereocenters. The van der Waals surface area contributed by atoms with Gasteiger partial charge in [0.2, 0.25) is 15.9 Å². The summed E-state index contributed by atoms with van der Waals surface area (Å²) < 4.78 is 44.0. The quantitative estimate of drug-likeness (QED) is 0.651. The smallest absolute Gasteiger partial charge is 0.240 e. The molecule has 30 heavy (non-hydrogen) atoms. The highest BCUT2D eigenvalue weighted by molar-refractivity contribution is 7.89. The van der Waals surface area contributed by atoms with E-state index in [-0.39, 0.29) is 17.3 Å². The van der Waals surface area contributed by atoms with Crippen LogP contribution in [0.3, 0.4) is 0 Å². The van der Waals surface area contributed by atoms with Gasteiger partial charge in [0.25, 0.3) is 0 Å². The Morgan fingerprint density at radius 1 is 0.967 bits per heavy atom. The van der Waals surface area contributed by atoms with Crippen molar-refractivity contribution in [3.63, 3.8) is 0 Å². The van der Waals surface area contributed by atoms with Crippen molar-refractivity contribution in [2.45, 2.75) is 24.2 Å². The summed E-state index contributed by atoms with van der Waals surface area (Å²) in [4.78, 5) is 13.8. The number of nitrogens with zero attached hydrogens (tertiary/aromatic N) is 1. The third-order valence-corrected chi connectivity index (χ3v) is 6.44. The van der Waals surface area contributed by atoms with Crippen LogP contribution in [0.15, 0.2) is 41.3 Å². The van der Waals surface area contributed by atoms with E-state index in [1.165, 1.54) is 19.2 Å². The summed E-state index contributed by atoms with van der Waals surface area (Å²) in [6.45, 7) is 0.757. The topological polar surface area (TPSA) is 94.2 Å². The number of methoxy groups -OCH3 is 3. The average molecular weight is 435 g/mol. The zero-order chi connectivity index (χ0) is 21.7. The summed E-state index contributed by atoms with van der Waals surface area (Å²) in [5.74, 6) is 1.63. The summed E-state index contributed by atoms with van der Waals surface area (Å²) in [6.07, 6.45) is 1.67. The molecule has 3 rings (SSSR count). The fourth-order valence-corrected chi connectivity index (χ4v) is 4.45. The maximum absolute atomic E-state index is 12.8. The number of hydrogen-bond donors (Lipinski definition) is 1. The van der Waals surface area contributed by atoms with E-state index in [4.69, 9.17) is 14.2 Å². The van der Waals surface area contributed by atoms with Crippen LogP contribution in [-0.2, 0) is 21.2 Å². The minimum atomic E-state index is -3.75. The van der Waals surface area contributed by atoms with Crippen LogP contribution in [0, 0.1) is 0 Å². The fourth-order valence-electron chi connectivity index (χ4n) is 3.40. The van der Waals surface area contributed by atoms with Gasteiger partial charge in [0.1, 0.15) is 5.75 Å². The number of sulfonamides is 1. The molecular formula is C21H26N2O6S. The predicted molar refractivity (Wildman–Crippen MR) is 113 cm³/mol. The zero-order valence-electron chi connectivity index (χ0n) is 17.3. The van der Waals surface area contributed by atoms with Crippen molar-refractivity contribution in [2.24, 2.45) is 0 Å². The van der Waals surface area contributed by atoms with Crippen LogP contribution in [0.4, 0.5) is 5.69 Å². The maximum Gasteiger partial charge on any atom is 0.240 e. The lowest BCUT2D eigenvalue weighted by molar-refractivity contribution is -0.117. The second-order valence-electron chi connectivity index (χ2n) is 6.82. The third kappa shape index (κ3) is 4.68. The third-order valence-electron chi connectivity index (χ3n) is 4.98. The summed E-state index contributed by atoms with van der Waals surface area (Å²) >= 11 is 0. The van der Waals surface area contributed by atoms with Crippen molar-refractivity contribution < 1.29 is 27.4 Å². The number of carbonyl (C=O) groups is 1. The SMILES string of the molecule is COc1ccc(CCNS(=O)(=O)c2ccc(OC)c(N3CCCC3=O)c2)cc1OC. The Labute approximate surface area is 176 Å². The second-order valence-corrected chi connectivity index (χ2v) is 8.59. The normalized spacial score (nSPS) is 14.1. The molecule has 1 amide bonds. The zero-order valence-corrected chi connectivity index (χ0v) is 18.1. The Hall–Kier alpha value is -2.78. The van der Waals surface area contributed by atoms with Gasteiger partial charge in [0.15, 0.2) is 11.5 Å². The van der Waals surface area contributed by atoms with E-state index in [0.717, 1.165) is 12.0 Å². The first-order chi connectivity index (χ1) is 14.4. The molecule has 162 valence electrons. The number of rotatable bonds is 9. The van der Waals surface area contributed by atoms with Gasteiger partial charge in [0, 0.05) is 19.5 Å². The number of nitrogens with one attached hydrogen (secondary N) is 1. The monoisotopic (exact) mass is 434 g/mol. The van der Waals surface area contributed by atoms with Crippen molar-refractivity contribution in [3.05, 3.63) is 42.0 Å². The van der Waals surface area contributed by atoms with Gasteiger partial charge in [-0.15, -0.1) is 0 Å². The molecule has 0 atom stereocenters. The van der Waals surface area contributed by atoms with Crippen LogP contribution >= 0.6 is 0 Å². The molecule has 1 saturated heterocycles. The lowest BCUT2D eigenvalue weighted by Gasteiger charge is -2.20. The van der Waals surface area contributed by atoms with Gasteiger partial charge in [0.05, 0.1) is 31.9 Å². The Morgan fingerprint density at radius 2 is 1.67 bits per heavy atom. The van der Waals surface area contributed by atoms with Gasteiger partial charge in [-0.3, -0.25) is 4.79 Å². The van der Waals surface area contributed by atoms with Crippen molar-refractivity contribution in [2.75, 3.05) is 39.3 Å². The molecule has 0 saturated carbocycles. The van der Waals surface area contributed by atoms with Crippen LogP contribution in [0.1, 0.15) is 18.4 Å². The molecule has 8 nitrogen and oxygen atoms in total. The summed E-state index contributed by atoms with van der Waals surface area (Å²) in [6, 6.07) is 10.00. The van der Waals surface area contributed by atoms with E-state index in [2.05, 4.69) is 4.72 Å². The van der Waals surface area contributed by atoms with Gasteiger partial charge in [-0.1, -0.05) is 6.07 Å². The summed E-state index contributed by atoms with van der Waals surface area (Å²) in [5.41, 5.74) is 1.39. The number of hydrogen-bond acceptors (Lipinski definition) is 6. The van der Waals surface area contributed by atoms with E-state index >= 15 is 0 Å². The maximum atomic E-state index is 12.8. The Bertz CT molecular complexity index is 1020. The van der Waals surface area contributed by atoms with Gasteiger partial charge >= 0.3 is 0 Å². The molecule has 2 aromatic rings. The molecule has 9 heteroatoms. The van der Waals surface area contributed by atoms with Gasteiger partial charge in [-0.25, -0.2) is 13.1 Å². The van der Waals surface area contributed by atoms with Crippen LogP contribution in [0.5, 0.6) is 17.2 Å². The molecule has 0 aliphatic carbocycles. The highest BCUT2D eigenvalue weighted by Crippen LogP contribution is 2.33. The standard InChI is InChI=1S/C21H26N2O6S/c1-27-18-9-7-16(14-17(18)23-12-4-5-21(23)24)30(25,26)22-11-10-15-6-8-19(28-2)20(13-15)29-3/h6-9,13-14,22H,4-5,10-12H2,1-3H3. The molecular weight excluding hydrogens is 408 g/mol. The molecule has 0 radical (unpaired) electrons. The Balaban J connectivity index is 1.73. The lowest BCUT2D eigenvalue weighted by Crippen LogP contribution is -2.27. The van der Waals surface area contributed by atoms with Crippen molar-refractivity contribution in [1.82, 2.24) is 4.72 Å². The highest BCUT2D eigenvalue weighted by atomic mass is 32.2. The molecule has 1 N–H and O–H groups in total. The molecule has 2 aromatic carbocycles. The summed E-state index contributed by atoms with van der Waals surface area (Å²) in [5, 5.41) is 0. The molecule has 0 bridgehead atoms. The van der Waals surface area contributed by atoms with E-state index in [1.54, 1.807) is 31.3 Å². The Morgan fingerprint density at radius 3 is 2.30 bits per heavy atom. The van der Waals surface area contributed by atoms with E-state index in [9.17, 15) is 13.2 Å². The predicted octanol–water partition coefficient (Wildman–Crippen LogP) is 2.36. The minimum Gasteiger partial charge on any atom is -0.495 e. The first-order valence-electron chi connectivity index (χ1n) is 9.58. The van der Waals surface area contributed by atoms with Gasteiger partial charge < -0.3 is 19.1 Å². The Kier molecular flexibility index (Phi) is 6.84. The van der Waals surface area contributed by atoms with Gasteiger partial charge in [-0.05, 0) is 48.7 Å². The number of anilines is 1. The van der Waals surface area contributed by atoms with E-state index in [1.807, 2.05) is 12.1 Å². The highest BCUT2D eigenvalue weighted by Gasteiger charge is 2.26. The first-order valence-corrected chi connectivity index (χ1v) is 11.1. The van der Waals surface area contributed by atoms with Crippen LogP contribution in [0.25, 0.3) is 0 Å². The van der Waals surface area contributed by atoms with Crippen LogP contribution in [-0.4, -0.2) is 48.7 Å². The van der Waals surface area contributed by atoms with Gasteiger partial charge in [-0.2, -0.15) is 0 Å². The van der Waals surface area contributed by atoms with Crippen molar-refractivity contribution >= 4 is 21.6 Å². The van der Waals surface area contributed by atoms with E-state index in [0.29, 0.717) is 42.3 Å². The number of amides is 1. The second kappa shape index (κ2) is 9.36. The molecule has 1 fully saturated rings. The number of ether oxygens (including phenoxy) is 3. The fraction of sp³-hybridized carbons (Fsp3) is 0.381. The molecule has 1 heterocycles. The summed E-state index contributed by atoms with van der Waals surface area (Å²) in [7, 11) is 0.854. The molecule has 0 spiro atoms. The molecule has 1 aliphatic rings. The van der Waals surface area contributed by atoms with E-state index < -0.39 is 10.0 Å². The number of carbonyl (C=O) groups excluding carboxylic acids is 1. The van der Waals surface area contributed by atoms with Crippen LogP contribution in [0.2, 0.25) is 0 Å². The number of benzene rings is 2. The molecule has 1 aliphatic heterocycles. The lowest BCUT2D eigenvalue weighted by atomic mass is 10.1. The first kappa shape index (κ1) is 21.9. The van der Waals surface area contributed by atoms with Crippen LogP contribution < -0.4 is 23.8 Å².